The summed E-state index contributed by atoms with van der Waals surface area (Å²) < 4.78 is 48.3. The van der Waals surface area contributed by atoms with Crippen molar-refractivity contribution in [2.24, 2.45) is 5.92 Å². The van der Waals surface area contributed by atoms with Crippen LogP contribution in [0.15, 0.2) is 0 Å². The zero-order valence-corrected chi connectivity index (χ0v) is 21.9. The maximum absolute atomic E-state index is 9.69. The molecule has 11 heteroatoms. The molecule has 35 heavy (non-hydrogen) atoms. The first kappa shape index (κ1) is 34.6. The van der Waals surface area contributed by atoms with Crippen LogP contribution in [0.5, 0.6) is 0 Å². The van der Waals surface area contributed by atoms with Crippen LogP contribution in [0.2, 0.25) is 0 Å². The van der Waals surface area contributed by atoms with Crippen LogP contribution in [0.1, 0.15) is 20.3 Å². The van der Waals surface area contributed by atoms with Crippen LogP contribution in [0, 0.1) is 5.92 Å². The van der Waals surface area contributed by atoms with Gasteiger partial charge in [0.05, 0.1) is 132 Å². The molecule has 0 saturated heterocycles. The Bertz CT molecular complexity index is 388. The molecule has 0 amide bonds. The van der Waals surface area contributed by atoms with Gasteiger partial charge in [0.15, 0.2) is 0 Å². The highest BCUT2D eigenvalue weighted by Gasteiger charge is 2.06. The lowest BCUT2D eigenvalue weighted by Crippen LogP contribution is -2.19. The molecule has 0 aromatic heterocycles. The molecular weight excluding hydrogens is 464 g/mol. The second-order valence-corrected chi connectivity index (χ2v) is 7.98. The minimum absolute atomic E-state index is 0.0272. The maximum Gasteiger partial charge on any atom is 0.0776 e. The molecule has 0 bridgehead atoms. The first-order valence-corrected chi connectivity index (χ1v) is 12.7. The standard InChI is InChI=1S/C24H50O11/c1-23(2)21-24(26)22-35-20-19-34-18-17-33-16-15-32-14-13-31-12-11-30-10-9-29-8-7-28-6-5-27-4-3-25/h23-26H,3-22H2,1-2H3. The minimum Gasteiger partial charge on any atom is -0.394 e. The summed E-state index contributed by atoms with van der Waals surface area (Å²) in [6, 6.07) is 0. The van der Waals surface area contributed by atoms with Gasteiger partial charge in [-0.3, -0.25) is 0 Å². The van der Waals surface area contributed by atoms with Gasteiger partial charge in [0.1, 0.15) is 0 Å². The van der Waals surface area contributed by atoms with Gasteiger partial charge in [-0.15, -0.1) is 0 Å². The van der Waals surface area contributed by atoms with Gasteiger partial charge in [0, 0.05) is 0 Å². The fraction of sp³-hybridized carbons (Fsp3) is 1.00. The Morgan fingerprint density at radius 2 is 0.686 bits per heavy atom. The molecule has 1 unspecified atom stereocenters. The number of hydrogen-bond donors (Lipinski definition) is 2. The molecular formula is C24H50O11. The van der Waals surface area contributed by atoms with Crippen molar-refractivity contribution in [1.82, 2.24) is 0 Å². The van der Waals surface area contributed by atoms with Crippen molar-refractivity contribution in [2.45, 2.75) is 26.4 Å². The van der Waals surface area contributed by atoms with Crippen molar-refractivity contribution < 1.29 is 52.8 Å². The normalized spacial score (nSPS) is 12.6. The van der Waals surface area contributed by atoms with E-state index in [2.05, 4.69) is 13.8 Å². The van der Waals surface area contributed by atoms with Crippen molar-refractivity contribution in [3.05, 3.63) is 0 Å². The molecule has 0 aromatic rings. The van der Waals surface area contributed by atoms with Gasteiger partial charge in [-0.2, -0.15) is 0 Å². The van der Waals surface area contributed by atoms with E-state index >= 15 is 0 Å². The Morgan fingerprint density at radius 3 is 0.943 bits per heavy atom. The smallest absolute Gasteiger partial charge is 0.0776 e. The second-order valence-electron chi connectivity index (χ2n) is 7.98. The largest absolute Gasteiger partial charge is 0.394 e. The van der Waals surface area contributed by atoms with E-state index in [-0.39, 0.29) is 6.61 Å². The maximum atomic E-state index is 9.69. The fourth-order valence-electron chi connectivity index (χ4n) is 2.66. The molecule has 0 radical (unpaired) electrons. The van der Waals surface area contributed by atoms with Crippen LogP contribution in [0.4, 0.5) is 0 Å². The first-order valence-electron chi connectivity index (χ1n) is 12.7. The molecule has 0 rings (SSSR count). The molecule has 11 nitrogen and oxygen atoms in total. The highest BCUT2D eigenvalue weighted by atomic mass is 16.6. The Labute approximate surface area is 211 Å². The Kier molecular flexibility index (Phi) is 29.4. The molecule has 0 spiro atoms. The van der Waals surface area contributed by atoms with Crippen LogP contribution in [-0.2, 0) is 42.6 Å². The third kappa shape index (κ3) is 31.5. The molecule has 1 atom stereocenters. The highest BCUT2D eigenvalue weighted by Crippen LogP contribution is 2.04. The molecule has 0 aliphatic heterocycles. The van der Waals surface area contributed by atoms with Gasteiger partial charge < -0.3 is 52.8 Å². The van der Waals surface area contributed by atoms with E-state index in [0.29, 0.717) is 125 Å². The topological polar surface area (TPSA) is 124 Å². The third-order valence-corrected chi connectivity index (χ3v) is 4.27. The van der Waals surface area contributed by atoms with Crippen molar-refractivity contribution in [2.75, 3.05) is 126 Å². The molecule has 2 N–H and O–H groups in total. The monoisotopic (exact) mass is 514 g/mol. The van der Waals surface area contributed by atoms with Crippen molar-refractivity contribution in [1.29, 1.82) is 0 Å². The summed E-state index contributed by atoms with van der Waals surface area (Å²) in [4.78, 5) is 0. The number of rotatable bonds is 30. The van der Waals surface area contributed by atoms with E-state index in [1.807, 2.05) is 0 Å². The van der Waals surface area contributed by atoms with Gasteiger partial charge in [0.2, 0.25) is 0 Å². The molecule has 0 aliphatic carbocycles. The minimum atomic E-state index is -0.408. The van der Waals surface area contributed by atoms with Crippen molar-refractivity contribution in [3.63, 3.8) is 0 Å². The predicted octanol–water partition coefficient (Wildman–Crippen LogP) is 0.535. The number of hydrogen-bond acceptors (Lipinski definition) is 11. The molecule has 0 heterocycles. The van der Waals surface area contributed by atoms with Crippen LogP contribution in [0.3, 0.4) is 0 Å². The zero-order valence-electron chi connectivity index (χ0n) is 21.9. The summed E-state index contributed by atoms with van der Waals surface area (Å²) in [6.45, 7) is 12.9. The van der Waals surface area contributed by atoms with Gasteiger partial charge >= 0.3 is 0 Å². The van der Waals surface area contributed by atoms with Gasteiger partial charge in [-0.05, 0) is 12.3 Å². The summed E-state index contributed by atoms with van der Waals surface area (Å²) in [5, 5.41) is 18.2. The molecule has 0 aliphatic rings. The Hall–Kier alpha value is -0.440. The van der Waals surface area contributed by atoms with Gasteiger partial charge in [-0.25, -0.2) is 0 Å². The molecule has 0 saturated carbocycles. The Balaban J connectivity index is 3.05. The summed E-state index contributed by atoms with van der Waals surface area (Å²) in [6.07, 6.45) is 0.339. The van der Waals surface area contributed by atoms with E-state index in [4.69, 9.17) is 47.7 Å². The first-order chi connectivity index (χ1) is 17.2. The SMILES string of the molecule is CC(C)CC(O)COCCOCCOCCOCCOCCOCCOCCOCCOCCO. The van der Waals surface area contributed by atoms with Crippen LogP contribution in [-0.4, -0.2) is 142 Å². The average molecular weight is 515 g/mol. The Morgan fingerprint density at radius 1 is 0.429 bits per heavy atom. The molecule has 212 valence electrons. The summed E-state index contributed by atoms with van der Waals surface area (Å²) in [5.41, 5.74) is 0. The number of ether oxygens (including phenoxy) is 9. The van der Waals surface area contributed by atoms with Crippen LogP contribution in [0.25, 0.3) is 0 Å². The molecule has 0 aromatic carbocycles. The van der Waals surface area contributed by atoms with Crippen molar-refractivity contribution in [3.8, 4) is 0 Å². The number of aliphatic hydroxyl groups excluding tert-OH is 2. The summed E-state index contributed by atoms with van der Waals surface area (Å²) in [7, 11) is 0. The number of aliphatic hydroxyl groups is 2. The lowest BCUT2D eigenvalue weighted by Gasteiger charge is -2.13. The van der Waals surface area contributed by atoms with Gasteiger partial charge in [-0.1, -0.05) is 13.8 Å². The van der Waals surface area contributed by atoms with E-state index in [0.717, 1.165) is 6.42 Å². The second kappa shape index (κ2) is 29.8. The highest BCUT2D eigenvalue weighted by molar-refractivity contribution is 4.56. The lowest BCUT2D eigenvalue weighted by atomic mass is 10.1. The van der Waals surface area contributed by atoms with Crippen molar-refractivity contribution >= 4 is 0 Å². The average Bonchev–Trinajstić information content (AvgIpc) is 2.83. The third-order valence-electron chi connectivity index (χ3n) is 4.27. The lowest BCUT2D eigenvalue weighted by molar-refractivity contribution is -0.0291. The van der Waals surface area contributed by atoms with E-state index in [1.165, 1.54) is 0 Å². The molecule has 0 fully saturated rings. The van der Waals surface area contributed by atoms with Crippen LogP contribution < -0.4 is 0 Å². The van der Waals surface area contributed by atoms with E-state index in [1.54, 1.807) is 0 Å². The zero-order chi connectivity index (χ0) is 25.7. The van der Waals surface area contributed by atoms with E-state index < -0.39 is 6.10 Å². The quantitative estimate of drug-likeness (QED) is 0.131. The fourth-order valence-corrected chi connectivity index (χ4v) is 2.66. The van der Waals surface area contributed by atoms with Gasteiger partial charge in [0.25, 0.3) is 0 Å². The van der Waals surface area contributed by atoms with Crippen LogP contribution >= 0.6 is 0 Å². The predicted molar refractivity (Wildman–Crippen MR) is 130 cm³/mol. The summed E-state index contributed by atoms with van der Waals surface area (Å²) >= 11 is 0. The van der Waals surface area contributed by atoms with E-state index in [9.17, 15) is 5.11 Å². The summed E-state index contributed by atoms with van der Waals surface area (Å²) in [5.74, 6) is 0.461.